The van der Waals surface area contributed by atoms with Crippen LogP contribution in [0.25, 0.3) is 5.57 Å². The van der Waals surface area contributed by atoms with Gasteiger partial charge in [-0.15, -0.1) is 0 Å². The van der Waals surface area contributed by atoms with Crippen LogP contribution in [-0.4, -0.2) is 17.7 Å². The molecule has 0 saturated heterocycles. The zero-order valence-corrected chi connectivity index (χ0v) is 12.6. The smallest absolute Gasteiger partial charge is 0.413 e. The van der Waals surface area contributed by atoms with E-state index in [1.807, 2.05) is 13.8 Å². The molecule has 0 bridgehead atoms. The van der Waals surface area contributed by atoms with Gasteiger partial charge in [0.1, 0.15) is 5.75 Å². The maximum atomic E-state index is 13.2. The molecule has 0 unspecified atom stereocenters. The number of esters is 1. The van der Waals surface area contributed by atoms with Gasteiger partial charge in [-0.25, -0.2) is 0 Å². The third kappa shape index (κ3) is 2.40. The maximum absolute atomic E-state index is 13.2. The molecule has 0 radical (unpaired) electrons. The Morgan fingerprint density at radius 1 is 1.32 bits per heavy atom. The Balaban J connectivity index is 2.41. The van der Waals surface area contributed by atoms with E-state index in [0.717, 1.165) is 12.0 Å². The summed E-state index contributed by atoms with van der Waals surface area (Å²) in [5.74, 6) is -0.873. The van der Waals surface area contributed by atoms with E-state index in [4.69, 9.17) is 4.74 Å². The van der Waals surface area contributed by atoms with Crippen LogP contribution in [0.4, 0.5) is 13.2 Å². The van der Waals surface area contributed by atoms with Crippen LogP contribution in [0.3, 0.4) is 0 Å². The molecule has 0 atom stereocenters. The van der Waals surface area contributed by atoms with Gasteiger partial charge in [-0.1, -0.05) is 0 Å². The summed E-state index contributed by atoms with van der Waals surface area (Å²) >= 11 is 0. The van der Waals surface area contributed by atoms with Crippen molar-refractivity contribution < 1.29 is 22.7 Å². The number of nitrogens with zero attached hydrogens (tertiary/aromatic N) is 1. The fourth-order valence-corrected chi connectivity index (χ4v) is 3.00. The van der Waals surface area contributed by atoms with Crippen molar-refractivity contribution in [2.45, 2.75) is 51.7 Å². The molecule has 3 nitrogen and oxygen atoms in total. The van der Waals surface area contributed by atoms with E-state index in [0.29, 0.717) is 17.3 Å². The fourth-order valence-electron chi connectivity index (χ4n) is 3.00. The van der Waals surface area contributed by atoms with Crippen LogP contribution >= 0.6 is 0 Å². The number of carbonyl (C=O) groups is 1. The normalized spacial score (nSPS) is 19.9. The number of carbonyl (C=O) groups excluding carboxylic acids is 1. The average molecular weight is 311 g/mol. The van der Waals surface area contributed by atoms with E-state index in [1.54, 1.807) is 6.92 Å². The Labute approximate surface area is 125 Å². The van der Waals surface area contributed by atoms with Gasteiger partial charge in [-0.2, -0.15) is 13.2 Å². The number of hydrogen-bond donors (Lipinski definition) is 0. The van der Waals surface area contributed by atoms with E-state index in [2.05, 4.69) is 4.99 Å². The van der Waals surface area contributed by atoms with E-state index in [-0.39, 0.29) is 16.5 Å². The minimum atomic E-state index is -4.54. The lowest BCUT2D eigenvalue weighted by molar-refractivity contribution is -0.135. The molecule has 0 fully saturated rings. The third-order valence-corrected chi connectivity index (χ3v) is 4.19. The molecule has 0 aliphatic carbocycles. The van der Waals surface area contributed by atoms with Crippen LogP contribution < -0.4 is 15.3 Å². The molecule has 0 N–H and O–H groups in total. The Morgan fingerprint density at radius 2 is 2.00 bits per heavy atom. The Kier molecular flexibility index (Phi) is 3.13. The molecule has 1 aromatic carbocycles. The summed E-state index contributed by atoms with van der Waals surface area (Å²) in [6.45, 7) is 5.62. The highest BCUT2D eigenvalue weighted by atomic mass is 19.4. The van der Waals surface area contributed by atoms with Gasteiger partial charge in [0.05, 0.1) is 22.9 Å². The lowest BCUT2D eigenvalue weighted by Gasteiger charge is -2.27. The van der Waals surface area contributed by atoms with E-state index in [9.17, 15) is 18.0 Å². The van der Waals surface area contributed by atoms with Gasteiger partial charge in [0.15, 0.2) is 0 Å². The molecule has 0 amide bonds. The molecule has 1 aromatic rings. The summed E-state index contributed by atoms with van der Waals surface area (Å²) in [5.41, 5.74) is 0.209. The number of ether oxygens (including phenoxy) is 1. The summed E-state index contributed by atoms with van der Waals surface area (Å²) < 4.78 is 44.7. The van der Waals surface area contributed by atoms with Gasteiger partial charge in [0.25, 0.3) is 0 Å². The number of aryl methyl sites for hydroxylation is 1. The number of benzene rings is 1. The molecule has 22 heavy (non-hydrogen) atoms. The molecule has 118 valence electrons. The van der Waals surface area contributed by atoms with Crippen molar-refractivity contribution in [3.8, 4) is 5.75 Å². The molecule has 0 spiro atoms. The van der Waals surface area contributed by atoms with Gasteiger partial charge in [0, 0.05) is 10.8 Å². The summed E-state index contributed by atoms with van der Waals surface area (Å²) in [6.07, 6.45) is -3.84. The van der Waals surface area contributed by atoms with Crippen molar-refractivity contribution in [3.05, 3.63) is 27.8 Å². The highest BCUT2D eigenvalue weighted by Crippen LogP contribution is 2.33. The minimum Gasteiger partial charge on any atom is -0.425 e. The Hall–Kier alpha value is -1.85. The van der Waals surface area contributed by atoms with E-state index in [1.165, 1.54) is 6.07 Å². The summed E-state index contributed by atoms with van der Waals surface area (Å²) in [6, 6.07) is 1.49. The van der Waals surface area contributed by atoms with Crippen LogP contribution in [0.1, 0.15) is 37.8 Å². The molecular weight excluding hydrogens is 295 g/mol. The Morgan fingerprint density at radius 3 is 2.64 bits per heavy atom. The molecule has 2 aliphatic heterocycles. The first-order chi connectivity index (χ1) is 10.1. The maximum Gasteiger partial charge on any atom is 0.413 e. The van der Waals surface area contributed by atoms with Crippen LogP contribution in [0.15, 0.2) is 11.1 Å². The summed E-state index contributed by atoms with van der Waals surface area (Å²) in [5, 5.41) is 0.643. The zero-order chi connectivity index (χ0) is 16.3. The average Bonchev–Trinajstić information content (AvgIpc) is 2.38. The molecule has 2 heterocycles. The topological polar surface area (TPSA) is 38.7 Å². The summed E-state index contributed by atoms with van der Waals surface area (Å²) in [7, 11) is 0. The highest BCUT2D eigenvalue weighted by molar-refractivity contribution is 5.86. The van der Waals surface area contributed by atoms with Gasteiger partial charge in [-0.05, 0) is 45.2 Å². The van der Waals surface area contributed by atoms with E-state index >= 15 is 0 Å². The summed E-state index contributed by atoms with van der Waals surface area (Å²) in [4.78, 5) is 16.2. The predicted octanol–water partition coefficient (Wildman–Crippen LogP) is 2.36. The zero-order valence-electron chi connectivity index (χ0n) is 12.6. The number of fused-ring (bicyclic) bond motifs is 2. The highest BCUT2D eigenvalue weighted by Gasteiger charge is 2.39. The lowest BCUT2D eigenvalue weighted by atomic mass is 9.89. The second-order valence-corrected chi connectivity index (χ2v) is 6.44. The van der Waals surface area contributed by atoms with Crippen molar-refractivity contribution in [1.29, 1.82) is 0 Å². The van der Waals surface area contributed by atoms with Crippen molar-refractivity contribution in [2.24, 2.45) is 4.99 Å². The number of hydrogen-bond acceptors (Lipinski definition) is 3. The van der Waals surface area contributed by atoms with Crippen LogP contribution in [0.2, 0.25) is 0 Å². The van der Waals surface area contributed by atoms with Gasteiger partial charge < -0.3 is 4.74 Å². The molecule has 6 heteroatoms. The van der Waals surface area contributed by atoms with Gasteiger partial charge in [-0.3, -0.25) is 9.79 Å². The predicted molar refractivity (Wildman–Crippen MR) is 74.1 cm³/mol. The third-order valence-electron chi connectivity index (χ3n) is 4.19. The first-order valence-corrected chi connectivity index (χ1v) is 7.12. The number of rotatable bonds is 0. The second-order valence-electron chi connectivity index (χ2n) is 6.44. The first kappa shape index (κ1) is 15.1. The Bertz CT molecular complexity index is 791. The van der Waals surface area contributed by atoms with Crippen LogP contribution in [0.5, 0.6) is 5.75 Å². The van der Waals surface area contributed by atoms with Crippen molar-refractivity contribution in [3.63, 3.8) is 0 Å². The lowest BCUT2D eigenvalue weighted by Crippen LogP contribution is -2.37. The fraction of sp³-hybridized carbons (Fsp3) is 0.500. The molecule has 3 rings (SSSR count). The van der Waals surface area contributed by atoms with Crippen molar-refractivity contribution in [1.82, 2.24) is 0 Å². The number of alkyl halides is 3. The van der Waals surface area contributed by atoms with Crippen molar-refractivity contribution >= 4 is 11.5 Å². The monoisotopic (exact) mass is 311 g/mol. The van der Waals surface area contributed by atoms with Crippen molar-refractivity contribution in [2.75, 3.05) is 0 Å². The van der Waals surface area contributed by atoms with Crippen LogP contribution in [0, 0.1) is 6.92 Å². The molecule has 0 saturated carbocycles. The largest absolute Gasteiger partial charge is 0.425 e. The van der Waals surface area contributed by atoms with Gasteiger partial charge >= 0.3 is 12.1 Å². The van der Waals surface area contributed by atoms with Crippen LogP contribution in [-0.2, 0) is 11.2 Å². The first-order valence-electron chi connectivity index (χ1n) is 7.12. The standard InChI is InChI=1S/C16H16F3NO2/c1-8-13-9(4-5-15(2,3)20-13)6-10-11(16(17,18)19)7-12(21)22-14(8)10/h6H,4-5,7H2,1-3H3. The second kappa shape index (κ2) is 4.57. The minimum absolute atomic E-state index is 0.00350. The molecule has 2 aliphatic rings. The van der Waals surface area contributed by atoms with E-state index < -0.39 is 24.1 Å². The SMILES string of the molecule is Cc1c2c(cc3c1=NC(C)(C)CC3)=C(C(F)(F)F)CC(=O)O2. The molecule has 0 aromatic heterocycles. The van der Waals surface area contributed by atoms with Gasteiger partial charge in [0.2, 0.25) is 0 Å². The molecular formula is C16H16F3NO2. The quantitative estimate of drug-likeness (QED) is 0.545. The number of halogens is 3.